The summed E-state index contributed by atoms with van der Waals surface area (Å²) in [5.41, 5.74) is 6.07. The van der Waals surface area contributed by atoms with E-state index in [0.29, 0.717) is 11.9 Å². The lowest BCUT2D eigenvalue weighted by Crippen LogP contribution is -2.55. The summed E-state index contributed by atoms with van der Waals surface area (Å²) < 4.78 is 1.78. The van der Waals surface area contributed by atoms with Crippen molar-refractivity contribution in [3.05, 3.63) is 46.8 Å². The number of hydrogen-bond donors (Lipinski definition) is 2. The molecule has 0 radical (unpaired) electrons. The number of hydrogen-bond acceptors (Lipinski definition) is 3. The van der Waals surface area contributed by atoms with Crippen LogP contribution in [0.25, 0.3) is 10.9 Å². The number of amides is 1. The van der Waals surface area contributed by atoms with Crippen LogP contribution in [0, 0.1) is 5.92 Å². The van der Waals surface area contributed by atoms with Crippen LogP contribution < -0.4 is 16.5 Å². The van der Waals surface area contributed by atoms with Crippen molar-refractivity contribution >= 4 is 29.2 Å². The molecule has 126 valence electrons. The molecule has 5 nitrogen and oxygen atoms in total. The maximum atomic E-state index is 12.4. The minimum Gasteiger partial charge on any atom is -0.348 e. The second-order valence-electron chi connectivity index (χ2n) is 6.15. The van der Waals surface area contributed by atoms with E-state index in [1.54, 1.807) is 16.8 Å². The number of nitrogens with zero attached hydrogens (tertiary/aromatic N) is 1. The average Bonchev–Trinajstić information content (AvgIpc) is 2.50. The molecule has 0 aliphatic carbocycles. The van der Waals surface area contributed by atoms with Gasteiger partial charge in [0.1, 0.15) is 6.54 Å². The molecule has 6 heteroatoms. The Kier molecular flexibility index (Phi) is 6.36. The Hall–Kier alpha value is -1.85. The van der Waals surface area contributed by atoms with E-state index in [0.717, 1.165) is 5.52 Å². The molecule has 1 amide bonds. The predicted molar refractivity (Wildman–Crippen MR) is 95.9 cm³/mol. The highest BCUT2D eigenvalue weighted by atomic mass is 35.5. The highest BCUT2D eigenvalue weighted by molar-refractivity contribution is 5.85. The third-order valence-electron chi connectivity index (χ3n) is 4.32. The zero-order chi connectivity index (χ0) is 16.3. The van der Waals surface area contributed by atoms with E-state index in [1.807, 2.05) is 39.0 Å². The Morgan fingerprint density at radius 1 is 1.30 bits per heavy atom. The van der Waals surface area contributed by atoms with Crippen LogP contribution in [-0.2, 0) is 11.3 Å². The van der Waals surface area contributed by atoms with Crippen LogP contribution in [0.4, 0.5) is 0 Å². The number of nitrogens with one attached hydrogen (secondary N) is 1. The van der Waals surface area contributed by atoms with Crippen LogP contribution in [-0.4, -0.2) is 22.6 Å². The van der Waals surface area contributed by atoms with Crippen LogP contribution in [0.3, 0.4) is 0 Å². The lowest BCUT2D eigenvalue weighted by Gasteiger charge is -2.33. The van der Waals surface area contributed by atoms with Gasteiger partial charge in [-0.1, -0.05) is 26.0 Å². The molecule has 1 aromatic heterocycles. The molecule has 2 rings (SSSR count). The first kappa shape index (κ1) is 19.2. The third kappa shape index (κ3) is 4.12. The molecule has 0 spiro atoms. The largest absolute Gasteiger partial charge is 0.348 e. The number of nitrogens with two attached hydrogens (primary N) is 1. The minimum atomic E-state index is -0.439. The Bertz CT molecular complexity index is 742. The summed E-state index contributed by atoms with van der Waals surface area (Å²) in [7, 11) is 0. The van der Waals surface area contributed by atoms with Gasteiger partial charge >= 0.3 is 0 Å². The van der Waals surface area contributed by atoms with Crippen LogP contribution in [0.1, 0.15) is 20.8 Å². The molecule has 1 aromatic carbocycles. The van der Waals surface area contributed by atoms with Gasteiger partial charge in [0, 0.05) is 24.2 Å². The molecule has 0 aliphatic rings. The lowest BCUT2D eigenvalue weighted by molar-refractivity contribution is -0.123. The molecule has 2 aromatic rings. The molecule has 1 heterocycles. The number of carbonyl (C=O) groups excluding carboxylic acids is 1. The highest BCUT2D eigenvalue weighted by Crippen LogP contribution is 2.15. The number of para-hydroxylation sites is 1. The summed E-state index contributed by atoms with van der Waals surface area (Å²) >= 11 is 0. The second kappa shape index (κ2) is 7.62. The second-order valence-corrected chi connectivity index (χ2v) is 6.15. The summed E-state index contributed by atoms with van der Waals surface area (Å²) in [5, 5.41) is 3.62. The van der Waals surface area contributed by atoms with Crippen LogP contribution in [0.2, 0.25) is 0 Å². The first-order valence-electron chi connectivity index (χ1n) is 7.46. The van der Waals surface area contributed by atoms with Gasteiger partial charge < -0.3 is 15.6 Å². The fourth-order valence-electron chi connectivity index (χ4n) is 2.34. The fourth-order valence-corrected chi connectivity index (χ4v) is 2.34. The van der Waals surface area contributed by atoms with E-state index >= 15 is 0 Å². The lowest BCUT2D eigenvalue weighted by atomic mass is 9.88. The molecule has 0 saturated carbocycles. The number of rotatable bonds is 5. The Morgan fingerprint density at radius 3 is 2.57 bits per heavy atom. The Balaban J connectivity index is 0.00000264. The van der Waals surface area contributed by atoms with Crippen molar-refractivity contribution in [1.82, 2.24) is 9.88 Å². The fraction of sp³-hybridized carbons (Fsp3) is 0.412. The maximum absolute atomic E-state index is 12.4. The van der Waals surface area contributed by atoms with Gasteiger partial charge in [-0.05, 0) is 25.0 Å². The molecule has 3 N–H and O–H groups in total. The Labute approximate surface area is 142 Å². The minimum absolute atomic E-state index is 0. The molecular weight excluding hydrogens is 314 g/mol. The van der Waals surface area contributed by atoms with E-state index in [4.69, 9.17) is 5.73 Å². The van der Waals surface area contributed by atoms with Crippen molar-refractivity contribution in [1.29, 1.82) is 0 Å². The summed E-state index contributed by atoms with van der Waals surface area (Å²) in [4.78, 5) is 24.2. The van der Waals surface area contributed by atoms with E-state index in [1.165, 1.54) is 6.07 Å². The third-order valence-corrected chi connectivity index (χ3v) is 4.32. The van der Waals surface area contributed by atoms with E-state index in [2.05, 4.69) is 5.32 Å². The molecule has 23 heavy (non-hydrogen) atoms. The van der Waals surface area contributed by atoms with Crippen LogP contribution in [0.15, 0.2) is 41.3 Å². The van der Waals surface area contributed by atoms with Gasteiger partial charge in [0.15, 0.2) is 5.43 Å². The van der Waals surface area contributed by atoms with E-state index < -0.39 is 5.54 Å². The number of pyridine rings is 1. The molecule has 0 saturated heterocycles. The van der Waals surface area contributed by atoms with Crippen molar-refractivity contribution in [2.45, 2.75) is 32.9 Å². The first-order chi connectivity index (χ1) is 10.4. The summed E-state index contributed by atoms with van der Waals surface area (Å²) in [6.45, 7) is 6.54. The van der Waals surface area contributed by atoms with E-state index in [-0.39, 0.29) is 36.2 Å². The maximum Gasteiger partial charge on any atom is 0.240 e. The quantitative estimate of drug-likeness (QED) is 0.875. The van der Waals surface area contributed by atoms with Gasteiger partial charge in [-0.25, -0.2) is 0 Å². The molecule has 0 bridgehead atoms. The molecule has 1 atom stereocenters. The summed E-state index contributed by atoms with van der Waals surface area (Å²) in [5.74, 6) is 0.114. The monoisotopic (exact) mass is 337 g/mol. The van der Waals surface area contributed by atoms with Crippen molar-refractivity contribution in [3.8, 4) is 0 Å². The van der Waals surface area contributed by atoms with Crippen molar-refractivity contribution in [3.63, 3.8) is 0 Å². The predicted octanol–water partition coefficient (Wildman–Crippen LogP) is 1.91. The number of halogens is 1. The average molecular weight is 338 g/mol. The molecular formula is C17H24ClN3O2. The molecule has 1 unspecified atom stereocenters. The topological polar surface area (TPSA) is 77.1 Å². The number of carbonyl (C=O) groups is 1. The van der Waals surface area contributed by atoms with Gasteiger partial charge in [0.05, 0.1) is 11.1 Å². The van der Waals surface area contributed by atoms with E-state index in [9.17, 15) is 9.59 Å². The SMILES string of the molecule is CC(C)C(C)(CN)NC(=O)Cn1ccc(=O)c2ccccc21.Cl. The molecule has 0 aliphatic heterocycles. The number of fused-ring (bicyclic) bond motifs is 1. The van der Waals surface area contributed by atoms with Gasteiger partial charge in [-0.3, -0.25) is 9.59 Å². The first-order valence-corrected chi connectivity index (χ1v) is 7.46. The van der Waals surface area contributed by atoms with Crippen LogP contribution >= 0.6 is 12.4 Å². The van der Waals surface area contributed by atoms with Crippen molar-refractivity contribution in [2.75, 3.05) is 6.54 Å². The summed E-state index contributed by atoms with van der Waals surface area (Å²) in [6, 6.07) is 8.77. The standard InChI is InChI=1S/C17H23N3O2.ClH/c1-12(2)17(3,11-18)19-16(22)10-20-9-8-15(21)13-6-4-5-7-14(13)20;/h4-9,12H,10-11,18H2,1-3H3,(H,19,22);1H. The zero-order valence-corrected chi connectivity index (χ0v) is 14.5. The van der Waals surface area contributed by atoms with Gasteiger partial charge in [0.25, 0.3) is 0 Å². The van der Waals surface area contributed by atoms with Crippen molar-refractivity contribution in [2.24, 2.45) is 11.7 Å². The Morgan fingerprint density at radius 2 is 1.96 bits per heavy atom. The smallest absolute Gasteiger partial charge is 0.240 e. The van der Waals surface area contributed by atoms with Crippen LogP contribution in [0.5, 0.6) is 0 Å². The highest BCUT2D eigenvalue weighted by Gasteiger charge is 2.28. The zero-order valence-electron chi connectivity index (χ0n) is 13.7. The molecule has 0 fully saturated rings. The number of aromatic nitrogens is 1. The number of benzene rings is 1. The summed E-state index contributed by atoms with van der Waals surface area (Å²) in [6.07, 6.45) is 1.65. The van der Waals surface area contributed by atoms with Gasteiger partial charge in [0.2, 0.25) is 5.91 Å². The normalized spacial score (nSPS) is 13.4. The van der Waals surface area contributed by atoms with Gasteiger partial charge in [-0.15, -0.1) is 12.4 Å². The van der Waals surface area contributed by atoms with Gasteiger partial charge in [-0.2, -0.15) is 0 Å². The van der Waals surface area contributed by atoms with Crippen molar-refractivity contribution < 1.29 is 4.79 Å².